The molecule has 0 radical (unpaired) electrons. The van der Waals surface area contributed by atoms with Crippen molar-refractivity contribution in [1.29, 1.82) is 0 Å². The Kier molecular flexibility index (Phi) is 7.47. The summed E-state index contributed by atoms with van der Waals surface area (Å²) in [6.07, 6.45) is 7.19. The monoisotopic (exact) mass is 376 g/mol. The van der Waals surface area contributed by atoms with E-state index in [1.165, 1.54) is 0 Å². The molecule has 0 atom stereocenters. The van der Waals surface area contributed by atoms with E-state index in [1.807, 2.05) is 0 Å². The predicted molar refractivity (Wildman–Crippen MR) is 91.0 cm³/mol. The Labute approximate surface area is 151 Å². The van der Waals surface area contributed by atoms with Gasteiger partial charge in [-0.3, -0.25) is 0 Å². The van der Waals surface area contributed by atoms with E-state index in [2.05, 4.69) is 23.8 Å². The highest BCUT2D eigenvalue weighted by molar-refractivity contribution is 5.33. The van der Waals surface area contributed by atoms with Crippen LogP contribution in [0.5, 0.6) is 5.75 Å². The van der Waals surface area contributed by atoms with Crippen LogP contribution in [0.15, 0.2) is 24.3 Å². The van der Waals surface area contributed by atoms with Gasteiger partial charge in [0.25, 0.3) is 0 Å². The average molecular weight is 376 g/mol. The molecule has 0 amide bonds. The first-order valence-electron chi connectivity index (χ1n) is 9.19. The third-order valence-corrected chi connectivity index (χ3v) is 4.94. The Balaban J connectivity index is 1.90. The molecule has 0 unspecified atom stereocenters. The Morgan fingerprint density at radius 3 is 2.19 bits per heavy atom. The highest BCUT2D eigenvalue weighted by Crippen LogP contribution is 2.40. The van der Waals surface area contributed by atoms with Crippen molar-refractivity contribution in [2.75, 3.05) is 0 Å². The lowest BCUT2D eigenvalue weighted by Gasteiger charge is -2.29. The number of hydrogen-bond donors (Lipinski definition) is 0. The van der Waals surface area contributed by atoms with Gasteiger partial charge < -0.3 is 4.74 Å². The van der Waals surface area contributed by atoms with E-state index < -0.39 is 23.7 Å². The third-order valence-electron chi connectivity index (χ3n) is 4.94. The van der Waals surface area contributed by atoms with E-state index in [9.17, 15) is 22.0 Å². The summed E-state index contributed by atoms with van der Waals surface area (Å²) in [4.78, 5) is 0. The fourth-order valence-electron chi connectivity index (χ4n) is 3.62. The SMILES string of the molecule is CCC=CCCCC1CCC(c2cc(F)c(OC(F)(F)F)c(F)c2)CC1. The quantitative estimate of drug-likeness (QED) is 0.276. The van der Waals surface area contributed by atoms with Crippen LogP contribution in [0.2, 0.25) is 0 Å². The maximum atomic E-state index is 13.9. The zero-order valence-electron chi connectivity index (χ0n) is 14.9. The molecule has 0 heterocycles. The van der Waals surface area contributed by atoms with Crippen LogP contribution in [0.25, 0.3) is 0 Å². The molecule has 0 spiro atoms. The van der Waals surface area contributed by atoms with Crippen molar-refractivity contribution in [2.45, 2.75) is 70.6 Å². The summed E-state index contributed by atoms with van der Waals surface area (Å²) in [5.41, 5.74) is 0.416. The highest BCUT2D eigenvalue weighted by atomic mass is 19.4. The molecule has 0 aromatic heterocycles. The molecule has 1 nitrogen and oxygen atoms in total. The number of allylic oxidation sites excluding steroid dienone is 2. The van der Waals surface area contributed by atoms with E-state index in [-0.39, 0.29) is 5.92 Å². The first-order chi connectivity index (χ1) is 12.3. The highest BCUT2D eigenvalue weighted by Gasteiger charge is 2.34. The van der Waals surface area contributed by atoms with E-state index >= 15 is 0 Å². The van der Waals surface area contributed by atoms with Gasteiger partial charge in [0.2, 0.25) is 5.75 Å². The number of unbranched alkanes of at least 4 members (excludes halogenated alkanes) is 1. The van der Waals surface area contributed by atoms with Gasteiger partial charge in [-0.15, -0.1) is 13.2 Å². The summed E-state index contributed by atoms with van der Waals surface area (Å²) in [5.74, 6) is -3.39. The summed E-state index contributed by atoms with van der Waals surface area (Å²) in [6, 6.07) is 1.95. The molecule has 6 heteroatoms. The molecule has 1 aliphatic carbocycles. The van der Waals surface area contributed by atoms with Crippen LogP contribution in [0, 0.1) is 17.6 Å². The molecule has 0 aliphatic heterocycles. The standard InChI is InChI=1S/C20H25F5O/c1-2-3-4-5-6-7-14-8-10-15(11-9-14)16-12-17(21)19(18(22)13-16)26-20(23,24)25/h3-4,12-15H,2,5-11H2,1H3. The van der Waals surface area contributed by atoms with Crippen molar-refractivity contribution >= 4 is 0 Å². The van der Waals surface area contributed by atoms with Crippen LogP contribution in [0.3, 0.4) is 0 Å². The van der Waals surface area contributed by atoms with E-state index in [0.29, 0.717) is 11.5 Å². The number of benzene rings is 1. The predicted octanol–water partition coefficient (Wildman–Crippen LogP) is 7.27. The second kappa shape index (κ2) is 9.38. The second-order valence-corrected chi connectivity index (χ2v) is 6.89. The molecule has 0 saturated heterocycles. The van der Waals surface area contributed by atoms with Gasteiger partial charge in [-0.05, 0) is 74.5 Å². The first-order valence-corrected chi connectivity index (χ1v) is 9.19. The minimum absolute atomic E-state index is 0.0184. The van der Waals surface area contributed by atoms with E-state index in [0.717, 1.165) is 63.5 Å². The third kappa shape index (κ3) is 6.29. The van der Waals surface area contributed by atoms with E-state index in [4.69, 9.17) is 0 Å². The van der Waals surface area contributed by atoms with E-state index in [1.54, 1.807) is 0 Å². The summed E-state index contributed by atoms with van der Waals surface area (Å²) < 4.78 is 67.8. The van der Waals surface area contributed by atoms with Crippen LogP contribution in [0.4, 0.5) is 22.0 Å². The average Bonchev–Trinajstić information content (AvgIpc) is 2.57. The lowest BCUT2D eigenvalue weighted by molar-refractivity contribution is -0.276. The maximum Gasteiger partial charge on any atom is 0.573 e. The van der Waals surface area contributed by atoms with Crippen LogP contribution in [-0.4, -0.2) is 6.36 Å². The van der Waals surface area contributed by atoms with Crippen LogP contribution in [0.1, 0.15) is 69.8 Å². The van der Waals surface area contributed by atoms with Gasteiger partial charge in [-0.1, -0.05) is 25.5 Å². The Morgan fingerprint density at radius 1 is 1.04 bits per heavy atom. The van der Waals surface area contributed by atoms with Crippen LogP contribution in [-0.2, 0) is 0 Å². The molecule has 0 bridgehead atoms. The van der Waals surface area contributed by atoms with Gasteiger partial charge in [-0.25, -0.2) is 8.78 Å². The normalized spacial score (nSPS) is 21.3. The van der Waals surface area contributed by atoms with Crippen LogP contribution < -0.4 is 4.74 Å². The van der Waals surface area contributed by atoms with Gasteiger partial charge in [0, 0.05) is 0 Å². The van der Waals surface area contributed by atoms with Gasteiger partial charge in [0.15, 0.2) is 11.6 Å². The first kappa shape index (κ1) is 20.7. The minimum atomic E-state index is -5.12. The molecule has 1 saturated carbocycles. The molecule has 0 N–H and O–H groups in total. The van der Waals surface area contributed by atoms with Gasteiger partial charge in [-0.2, -0.15) is 0 Å². The Bertz CT molecular complexity index is 578. The molecule has 26 heavy (non-hydrogen) atoms. The van der Waals surface area contributed by atoms with Gasteiger partial charge in [0.1, 0.15) is 0 Å². The van der Waals surface area contributed by atoms with Crippen molar-refractivity contribution in [2.24, 2.45) is 5.92 Å². The molecule has 1 aromatic rings. The minimum Gasteiger partial charge on any atom is -0.399 e. The number of halogens is 5. The molecular weight excluding hydrogens is 351 g/mol. The number of ether oxygens (including phenoxy) is 1. The zero-order valence-corrected chi connectivity index (χ0v) is 14.9. The number of alkyl halides is 3. The Morgan fingerprint density at radius 2 is 1.65 bits per heavy atom. The lowest BCUT2D eigenvalue weighted by atomic mass is 9.77. The zero-order chi connectivity index (χ0) is 19.2. The van der Waals surface area contributed by atoms with Gasteiger partial charge >= 0.3 is 6.36 Å². The van der Waals surface area contributed by atoms with Crippen molar-refractivity contribution in [3.63, 3.8) is 0 Å². The molecule has 1 aromatic carbocycles. The molecule has 1 aliphatic rings. The maximum absolute atomic E-state index is 13.9. The van der Waals surface area contributed by atoms with Crippen molar-refractivity contribution < 1.29 is 26.7 Å². The Hall–Kier alpha value is -1.59. The molecule has 146 valence electrons. The summed E-state index contributed by atoms with van der Waals surface area (Å²) in [5, 5.41) is 0. The van der Waals surface area contributed by atoms with Crippen molar-refractivity contribution in [3.8, 4) is 5.75 Å². The summed E-state index contributed by atoms with van der Waals surface area (Å²) >= 11 is 0. The molecule has 2 rings (SSSR count). The van der Waals surface area contributed by atoms with Crippen molar-refractivity contribution in [1.82, 2.24) is 0 Å². The second-order valence-electron chi connectivity index (χ2n) is 6.89. The van der Waals surface area contributed by atoms with Crippen molar-refractivity contribution in [3.05, 3.63) is 41.5 Å². The van der Waals surface area contributed by atoms with Crippen LogP contribution >= 0.6 is 0 Å². The summed E-state index contributed by atoms with van der Waals surface area (Å²) in [7, 11) is 0. The lowest BCUT2D eigenvalue weighted by Crippen LogP contribution is -2.19. The number of hydrogen-bond acceptors (Lipinski definition) is 1. The topological polar surface area (TPSA) is 9.23 Å². The molecular formula is C20H25F5O. The molecule has 1 fully saturated rings. The summed E-state index contributed by atoms with van der Waals surface area (Å²) in [6.45, 7) is 2.10. The van der Waals surface area contributed by atoms with Gasteiger partial charge in [0.05, 0.1) is 0 Å². The fraction of sp³-hybridized carbons (Fsp3) is 0.600. The smallest absolute Gasteiger partial charge is 0.399 e. The number of rotatable bonds is 7. The fourth-order valence-corrected chi connectivity index (χ4v) is 3.62. The largest absolute Gasteiger partial charge is 0.573 e.